The number of halogens is 6. The molecule has 3 saturated heterocycles. The van der Waals surface area contributed by atoms with Crippen LogP contribution in [-0.2, 0) is 21.9 Å². The number of amides is 1. The second kappa shape index (κ2) is 12.5. The summed E-state index contributed by atoms with van der Waals surface area (Å²) in [5.41, 5.74) is -2.98. The van der Waals surface area contributed by atoms with E-state index in [1.54, 1.807) is 0 Å². The Balaban J connectivity index is 1.21. The molecule has 1 amide bonds. The van der Waals surface area contributed by atoms with Crippen LogP contribution in [-0.4, -0.2) is 92.2 Å². The zero-order chi connectivity index (χ0) is 28.2. The van der Waals surface area contributed by atoms with Gasteiger partial charge in [0.05, 0.1) is 30.9 Å². The van der Waals surface area contributed by atoms with E-state index >= 15 is 0 Å². The standard InChI is InChI=1S/C27H36F6N4O2/c1-19(21-14-22(26(28,29)30)16-23(15-21)27(31,32)33)34-17-20-2-8-37(9-3-20)25(38)18-35-6-4-24(5-7-35)36-10-12-39-13-11-36/h14-16,20,24,34H,1-13,17-18H2. The van der Waals surface area contributed by atoms with E-state index in [-0.39, 0.29) is 29.2 Å². The number of morpholine rings is 1. The minimum atomic E-state index is -4.91. The van der Waals surface area contributed by atoms with Gasteiger partial charge >= 0.3 is 12.4 Å². The minimum absolute atomic E-state index is 0.00517. The number of piperidine rings is 2. The summed E-state index contributed by atoms with van der Waals surface area (Å²) in [6, 6.07) is 2.01. The molecule has 12 heteroatoms. The largest absolute Gasteiger partial charge is 0.416 e. The number of carbonyl (C=O) groups is 1. The monoisotopic (exact) mass is 562 g/mol. The number of alkyl halides is 6. The number of ether oxygens (including phenoxy) is 1. The molecule has 3 heterocycles. The molecule has 3 aliphatic heterocycles. The van der Waals surface area contributed by atoms with Gasteiger partial charge in [0.15, 0.2) is 0 Å². The van der Waals surface area contributed by atoms with Crippen LogP contribution in [0.2, 0.25) is 0 Å². The SMILES string of the molecule is C=C(NCC1CCN(C(=O)CN2CCC(N3CCOCC3)CC2)CC1)c1cc(C(F)(F)F)cc(C(F)(F)F)c1. The molecule has 4 rings (SSSR count). The highest BCUT2D eigenvalue weighted by atomic mass is 19.4. The Morgan fingerprint density at radius 1 is 0.872 bits per heavy atom. The van der Waals surface area contributed by atoms with Crippen LogP contribution in [0.25, 0.3) is 5.70 Å². The predicted octanol–water partition coefficient (Wildman–Crippen LogP) is 4.32. The van der Waals surface area contributed by atoms with E-state index in [4.69, 9.17) is 4.74 Å². The molecule has 3 aliphatic rings. The Morgan fingerprint density at radius 3 is 1.97 bits per heavy atom. The van der Waals surface area contributed by atoms with Crippen molar-refractivity contribution in [2.75, 3.05) is 65.6 Å². The van der Waals surface area contributed by atoms with Crippen LogP contribution in [0, 0.1) is 5.92 Å². The molecule has 0 aromatic heterocycles. The van der Waals surface area contributed by atoms with Crippen molar-refractivity contribution in [3.05, 3.63) is 41.5 Å². The van der Waals surface area contributed by atoms with Crippen LogP contribution in [0.4, 0.5) is 26.3 Å². The van der Waals surface area contributed by atoms with Gasteiger partial charge in [0, 0.05) is 57.6 Å². The molecule has 0 radical (unpaired) electrons. The quantitative estimate of drug-likeness (QED) is 0.502. The molecule has 218 valence electrons. The lowest BCUT2D eigenvalue weighted by molar-refractivity contribution is -0.143. The lowest BCUT2D eigenvalue weighted by Gasteiger charge is -2.40. The van der Waals surface area contributed by atoms with Gasteiger partial charge in [-0.15, -0.1) is 0 Å². The van der Waals surface area contributed by atoms with Gasteiger partial charge in [-0.2, -0.15) is 26.3 Å². The summed E-state index contributed by atoms with van der Waals surface area (Å²) < 4.78 is 84.4. The summed E-state index contributed by atoms with van der Waals surface area (Å²) in [7, 11) is 0. The van der Waals surface area contributed by atoms with E-state index in [1.165, 1.54) is 0 Å². The zero-order valence-electron chi connectivity index (χ0n) is 21.9. The summed E-state index contributed by atoms with van der Waals surface area (Å²) in [5, 5.41) is 2.91. The summed E-state index contributed by atoms with van der Waals surface area (Å²) in [5.74, 6) is 0.224. The van der Waals surface area contributed by atoms with Crippen molar-refractivity contribution in [1.29, 1.82) is 0 Å². The van der Waals surface area contributed by atoms with Crippen molar-refractivity contribution < 1.29 is 35.9 Å². The third kappa shape index (κ3) is 8.11. The average Bonchev–Trinajstić information content (AvgIpc) is 2.91. The van der Waals surface area contributed by atoms with Gasteiger partial charge < -0.3 is 15.0 Å². The highest BCUT2D eigenvalue weighted by molar-refractivity contribution is 5.78. The highest BCUT2D eigenvalue weighted by Crippen LogP contribution is 2.37. The maximum absolute atomic E-state index is 13.2. The van der Waals surface area contributed by atoms with Crippen molar-refractivity contribution in [2.45, 2.75) is 44.1 Å². The van der Waals surface area contributed by atoms with Gasteiger partial charge in [-0.25, -0.2) is 0 Å². The fourth-order valence-corrected chi connectivity index (χ4v) is 5.56. The molecule has 1 aromatic rings. The van der Waals surface area contributed by atoms with E-state index in [2.05, 4.69) is 21.7 Å². The number of nitrogens with one attached hydrogen (secondary N) is 1. The first-order chi connectivity index (χ1) is 18.4. The Morgan fingerprint density at radius 2 is 1.44 bits per heavy atom. The Bertz CT molecular complexity index is 961. The Kier molecular flexibility index (Phi) is 9.49. The smallest absolute Gasteiger partial charge is 0.385 e. The summed E-state index contributed by atoms with van der Waals surface area (Å²) in [4.78, 5) is 19.4. The van der Waals surface area contributed by atoms with Gasteiger partial charge in [0.1, 0.15) is 0 Å². The number of hydrogen-bond acceptors (Lipinski definition) is 5. The average molecular weight is 563 g/mol. The molecule has 39 heavy (non-hydrogen) atoms. The number of nitrogens with zero attached hydrogens (tertiary/aromatic N) is 3. The Hall–Kier alpha value is -2.31. The van der Waals surface area contributed by atoms with Gasteiger partial charge in [-0.05, 0) is 55.4 Å². The predicted molar refractivity (Wildman–Crippen MR) is 135 cm³/mol. The lowest BCUT2D eigenvalue weighted by Crippen LogP contribution is -2.51. The second-order valence-electron chi connectivity index (χ2n) is 10.6. The normalized spacial score (nSPS) is 21.2. The maximum Gasteiger partial charge on any atom is 0.416 e. The van der Waals surface area contributed by atoms with Crippen molar-refractivity contribution in [3.63, 3.8) is 0 Å². The van der Waals surface area contributed by atoms with Gasteiger partial charge in [-0.1, -0.05) is 6.58 Å². The van der Waals surface area contributed by atoms with Crippen LogP contribution in [0.15, 0.2) is 24.8 Å². The number of carbonyl (C=O) groups excluding carboxylic acids is 1. The second-order valence-corrected chi connectivity index (χ2v) is 10.6. The third-order valence-corrected chi connectivity index (χ3v) is 7.99. The molecule has 6 nitrogen and oxygen atoms in total. The van der Waals surface area contributed by atoms with Gasteiger partial charge in [-0.3, -0.25) is 14.6 Å². The molecule has 1 aromatic carbocycles. The molecule has 1 N–H and O–H groups in total. The van der Waals surface area contributed by atoms with Crippen LogP contribution in [0.1, 0.15) is 42.4 Å². The highest BCUT2D eigenvalue weighted by Gasteiger charge is 2.37. The Labute approximate surface area is 224 Å². The van der Waals surface area contributed by atoms with Crippen molar-refractivity contribution in [3.8, 4) is 0 Å². The van der Waals surface area contributed by atoms with Crippen LogP contribution < -0.4 is 5.32 Å². The molecule has 0 aliphatic carbocycles. The van der Waals surface area contributed by atoms with Gasteiger partial charge in [0.25, 0.3) is 0 Å². The lowest BCUT2D eigenvalue weighted by atomic mass is 9.96. The fourth-order valence-electron chi connectivity index (χ4n) is 5.56. The first-order valence-electron chi connectivity index (χ1n) is 13.4. The first-order valence-corrected chi connectivity index (χ1v) is 13.4. The summed E-state index contributed by atoms with van der Waals surface area (Å²) >= 11 is 0. The molecular weight excluding hydrogens is 526 g/mol. The number of hydrogen-bond donors (Lipinski definition) is 1. The number of rotatable bonds is 7. The topological polar surface area (TPSA) is 48.1 Å². The first kappa shape index (κ1) is 29.7. The molecular formula is C27H36F6N4O2. The van der Waals surface area contributed by atoms with Crippen LogP contribution in [0.5, 0.6) is 0 Å². The van der Waals surface area contributed by atoms with Crippen molar-refractivity contribution in [1.82, 2.24) is 20.0 Å². The molecule has 3 fully saturated rings. The van der Waals surface area contributed by atoms with Gasteiger partial charge in [0.2, 0.25) is 5.91 Å². The minimum Gasteiger partial charge on any atom is -0.385 e. The molecule has 0 spiro atoms. The molecule has 0 unspecified atom stereocenters. The van der Waals surface area contributed by atoms with Crippen molar-refractivity contribution >= 4 is 11.6 Å². The zero-order valence-corrected chi connectivity index (χ0v) is 21.9. The van der Waals surface area contributed by atoms with Crippen LogP contribution >= 0.6 is 0 Å². The van der Waals surface area contributed by atoms with E-state index in [0.29, 0.717) is 57.2 Å². The van der Waals surface area contributed by atoms with E-state index in [9.17, 15) is 31.1 Å². The number of likely N-dealkylation sites (tertiary alicyclic amines) is 2. The molecule has 0 atom stereocenters. The summed E-state index contributed by atoms with van der Waals surface area (Å²) in [6.45, 7) is 10.8. The van der Waals surface area contributed by atoms with E-state index < -0.39 is 23.5 Å². The van der Waals surface area contributed by atoms with Crippen molar-refractivity contribution in [2.24, 2.45) is 5.92 Å². The van der Waals surface area contributed by atoms with E-state index in [1.807, 2.05) is 4.90 Å². The molecule has 0 saturated carbocycles. The van der Waals surface area contributed by atoms with E-state index in [0.717, 1.165) is 52.2 Å². The maximum atomic E-state index is 13.2. The third-order valence-electron chi connectivity index (χ3n) is 7.99. The van der Waals surface area contributed by atoms with Crippen LogP contribution in [0.3, 0.4) is 0 Å². The molecule has 0 bridgehead atoms. The fraction of sp³-hybridized carbons (Fsp3) is 0.667. The number of benzene rings is 1. The summed E-state index contributed by atoms with van der Waals surface area (Å²) in [6.07, 6.45) is -6.34.